The highest BCUT2D eigenvalue weighted by atomic mass is 32.2. The molecule has 0 bridgehead atoms. The number of aromatic amines is 1. The molecule has 2 heterocycles. The first-order valence-corrected chi connectivity index (χ1v) is 11.9. The summed E-state index contributed by atoms with van der Waals surface area (Å²) in [6, 6.07) is 3.62. The van der Waals surface area contributed by atoms with Gasteiger partial charge in [-0.05, 0) is 62.5 Å². The number of nitrogens with zero attached hydrogens (tertiary/aromatic N) is 3. The Kier molecular flexibility index (Phi) is 5.44. The van der Waals surface area contributed by atoms with E-state index in [1.807, 2.05) is 32.9 Å². The first kappa shape index (κ1) is 21.0. The number of hydrogen-bond donors (Lipinski definition) is 2. The van der Waals surface area contributed by atoms with Gasteiger partial charge in [0.25, 0.3) is 5.91 Å². The number of aromatic nitrogens is 3. The van der Waals surface area contributed by atoms with E-state index in [2.05, 4.69) is 27.1 Å². The van der Waals surface area contributed by atoms with Crippen molar-refractivity contribution in [3.8, 4) is 0 Å². The second-order valence-electron chi connectivity index (χ2n) is 8.90. The minimum atomic E-state index is -3.66. The lowest BCUT2D eigenvalue weighted by Crippen LogP contribution is -2.47. The third kappa shape index (κ3) is 3.76. The summed E-state index contributed by atoms with van der Waals surface area (Å²) in [5.41, 5.74) is 2.86. The molecule has 4 rings (SSSR count). The molecule has 2 aromatic rings. The topological polar surface area (TPSA) is 108 Å². The van der Waals surface area contributed by atoms with E-state index < -0.39 is 10.0 Å². The Hall–Kier alpha value is -2.26. The van der Waals surface area contributed by atoms with E-state index in [4.69, 9.17) is 0 Å². The smallest absolute Gasteiger partial charge is 0.276 e. The number of amides is 1. The molecule has 1 aliphatic carbocycles. The van der Waals surface area contributed by atoms with Gasteiger partial charge < -0.3 is 4.90 Å². The Bertz CT molecular complexity index is 1030. The van der Waals surface area contributed by atoms with Crippen LogP contribution in [0, 0.1) is 38.5 Å². The highest BCUT2D eigenvalue weighted by Crippen LogP contribution is 2.41. The monoisotopic (exact) mass is 431 g/mol. The van der Waals surface area contributed by atoms with Gasteiger partial charge in [0, 0.05) is 19.1 Å². The van der Waals surface area contributed by atoms with Crippen molar-refractivity contribution in [1.29, 1.82) is 0 Å². The number of H-pyrrole nitrogens is 1. The zero-order valence-corrected chi connectivity index (χ0v) is 18.7. The fraction of sp³-hybridized carbons (Fsp3) is 0.571. The maximum Gasteiger partial charge on any atom is 0.276 e. The number of carbonyl (C=O) groups is 1. The van der Waals surface area contributed by atoms with E-state index in [9.17, 15) is 13.2 Å². The zero-order valence-electron chi connectivity index (χ0n) is 17.8. The molecule has 30 heavy (non-hydrogen) atoms. The molecule has 1 saturated carbocycles. The van der Waals surface area contributed by atoms with Crippen molar-refractivity contribution < 1.29 is 13.2 Å². The molecule has 0 radical (unpaired) electrons. The van der Waals surface area contributed by atoms with E-state index in [1.54, 1.807) is 4.90 Å². The number of likely N-dealkylation sites (tertiary alicyclic amines) is 1. The van der Waals surface area contributed by atoms with Crippen LogP contribution in [0.15, 0.2) is 23.2 Å². The number of rotatable bonds is 4. The largest absolute Gasteiger partial charge is 0.337 e. The molecule has 8 nitrogen and oxygen atoms in total. The van der Waals surface area contributed by atoms with Crippen molar-refractivity contribution in [1.82, 2.24) is 25.0 Å². The van der Waals surface area contributed by atoms with Crippen molar-refractivity contribution in [2.24, 2.45) is 17.8 Å². The second kappa shape index (κ2) is 7.77. The molecule has 1 aromatic heterocycles. The first-order valence-electron chi connectivity index (χ1n) is 10.4. The molecule has 1 aromatic carbocycles. The molecular formula is C21H29N5O3S. The summed E-state index contributed by atoms with van der Waals surface area (Å²) in [6.45, 7) is 9.00. The summed E-state index contributed by atoms with van der Waals surface area (Å²) in [6.07, 6.45) is 3.14. The number of carbonyl (C=O) groups excluding carboxylic acids is 1. The lowest BCUT2D eigenvalue weighted by molar-refractivity contribution is 0.0776. The Morgan fingerprint density at radius 1 is 1.13 bits per heavy atom. The van der Waals surface area contributed by atoms with E-state index >= 15 is 0 Å². The van der Waals surface area contributed by atoms with Crippen molar-refractivity contribution in [2.45, 2.75) is 51.5 Å². The molecule has 1 amide bonds. The van der Waals surface area contributed by atoms with Crippen LogP contribution in [0.3, 0.4) is 0 Å². The van der Waals surface area contributed by atoms with Crippen molar-refractivity contribution in [3.05, 3.63) is 40.7 Å². The fourth-order valence-corrected chi connectivity index (χ4v) is 7.15. The molecule has 0 spiro atoms. The quantitative estimate of drug-likeness (QED) is 0.772. The van der Waals surface area contributed by atoms with Crippen LogP contribution in [0.1, 0.15) is 46.9 Å². The van der Waals surface area contributed by atoms with Gasteiger partial charge in [-0.15, -0.1) is 0 Å². The molecular weight excluding hydrogens is 402 g/mol. The van der Waals surface area contributed by atoms with E-state index in [0.29, 0.717) is 29.6 Å². The summed E-state index contributed by atoms with van der Waals surface area (Å²) in [7, 11) is -3.66. The molecule has 1 aliphatic heterocycles. The van der Waals surface area contributed by atoms with Crippen LogP contribution < -0.4 is 4.72 Å². The second-order valence-corrected chi connectivity index (χ2v) is 10.6. The van der Waals surface area contributed by atoms with E-state index in [1.165, 1.54) is 6.20 Å². The first-order chi connectivity index (χ1) is 14.2. The standard InChI is InChI=1S/C21H29N5O3S/c1-12-7-14(3)20(15(4)8-12)30(28,29)24-18-6-5-13(2)16-10-26(11-17(16)18)21(27)19-9-22-25-23-19/h7-9,13,16-18,24H,5-6,10-11H2,1-4H3,(H,22,23,25)/t13-,16-,17-,18+/m1/s1. The zero-order chi connectivity index (χ0) is 21.6. The molecule has 162 valence electrons. The van der Waals surface area contributed by atoms with Crippen LogP contribution in [-0.4, -0.2) is 53.8 Å². The molecule has 0 unspecified atom stereocenters. The highest BCUT2D eigenvalue weighted by molar-refractivity contribution is 7.89. The number of hydrogen-bond acceptors (Lipinski definition) is 5. The van der Waals surface area contributed by atoms with Gasteiger partial charge in [0.1, 0.15) is 0 Å². The van der Waals surface area contributed by atoms with Gasteiger partial charge in [-0.2, -0.15) is 15.4 Å². The predicted octanol–water partition coefficient (Wildman–Crippen LogP) is 2.20. The van der Waals surface area contributed by atoms with Gasteiger partial charge in [0.05, 0.1) is 11.1 Å². The summed E-state index contributed by atoms with van der Waals surface area (Å²) in [5, 5.41) is 10.1. The Morgan fingerprint density at radius 2 is 1.80 bits per heavy atom. The maximum absolute atomic E-state index is 13.3. The molecule has 9 heteroatoms. The molecule has 2 N–H and O–H groups in total. The number of benzene rings is 1. The molecule has 4 atom stereocenters. The van der Waals surface area contributed by atoms with Gasteiger partial charge in [0.2, 0.25) is 10.0 Å². The molecule has 2 fully saturated rings. The van der Waals surface area contributed by atoms with E-state index in [0.717, 1.165) is 29.5 Å². The number of nitrogens with one attached hydrogen (secondary N) is 2. The third-order valence-corrected chi connectivity index (χ3v) is 8.49. The van der Waals surface area contributed by atoms with Crippen LogP contribution in [0.5, 0.6) is 0 Å². The van der Waals surface area contributed by atoms with Crippen molar-refractivity contribution in [2.75, 3.05) is 13.1 Å². The Balaban J connectivity index is 1.57. The average Bonchev–Trinajstić information content (AvgIpc) is 3.32. The summed E-state index contributed by atoms with van der Waals surface area (Å²) >= 11 is 0. The normalized spacial score (nSPS) is 26.6. The molecule has 2 aliphatic rings. The number of fused-ring (bicyclic) bond motifs is 1. The Morgan fingerprint density at radius 3 is 2.43 bits per heavy atom. The van der Waals surface area contributed by atoms with Gasteiger partial charge in [-0.1, -0.05) is 24.6 Å². The van der Waals surface area contributed by atoms with Gasteiger partial charge in [-0.3, -0.25) is 4.79 Å². The van der Waals surface area contributed by atoms with Gasteiger partial charge in [0.15, 0.2) is 5.69 Å². The number of aryl methyl sites for hydroxylation is 3. The van der Waals surface area contributed by atoms with Crippen LogP contribution in [0.25, 0.3) is 0 Å². The predicted molar refractivity (Wildman–Crippen MR) is 112 cm³/mol. The minimum Gasteiger partial charge on any atom is -0.337 e. The van der Waals surface area contributed by atoms with Gasteiger partial charge in [-0.25, -0.2) is 13.1 Å². The Labute approximate surface area is 177 Å². The lowest BCUT2D eigenvalue weighted by atomic mass is 9.72. The summed E-state index contributed by atoms with van der Waals surface area (Å²) in [5.74, 6) is 0.638. The molecule has 1 saturated heterocycles. The number of sulfonamides is 1. The fourth-order valence-electron chi connectivity index (χ4n) is 5.38. The summed E-state index contributed by atoms with van der Waals surface area (Å²) in [4.78, 5) is 14.9. The lowest BCUT2D eigenvalue weighted by Gasteiger charge is -2.37. The highest BCUT2D eigenvalue weighted by Gasteiger charge is 2.46. The third-order valence-electron chi connectivity index (χ3n) is 6.69. The van der Waals surface area contributed by atoms with Gasteiger partial charge >= 0.3 is 0 Å². The van der Waals surface area contributed by atoms with Crippen LogP contribution in [-0.2, 0) is 10.0 Å². The average molecular weight is 432 g/mol. The minimum absolute atomic E-state index is 0.0884. The van der Waals surface area contributed by atoms with E-state index in [-0.39, 0.29) is 23.8 Å². The summed E-state index contributed by atoms with van der Waals surface area (Å²) < 4.78 is 29.6. The SMILES string of the molecule is Cc1cc(C)c(S(=O)(=O)N[C@H]2CC[C@@H](C)[C@H]3CN(C(=O)c4cn[nH]n4)C[C@H]32)c(C)c1. The van der Waals surface area contributed by atoms with Crippen LogP contribution >= 0.6 is 0 Å². The van der Waals surface area contributed by atoms with Crippen LogP contribution in [0.2, 0.25) is 0 Å². The maximum atomic E-state index is 13.3. The van der Waals surface area contributed by atoms with Crippen LogP contribution in [0.4, 0.5) is 0 Å². The van der Waals surface area contributed by atoms with Crippen molar-refractivity contribution >= 4 is 15.9 Å². The van der Waals surface area contributed by atoms with Crippen molar-refractivity contribution in [3.63, 3.8) is 0 Å².